The molecule has 0 amide bonds. The number of halogens is 1. The summed E-state index contributed by atoms with van der Waals surface area (Å²) in [4.78, 5) is 10.6. The monoisotopic (exact) mass is 339 g/mol. The van der Waals surface area contributed by atoms with Crippen molar-refractivity contribution in [1.82, 2.24) is 9.97 Å². The Balaban J connectivity index is 2.08. The normalized spacial score (nSPS) is 10.3. The highest BCUT2D eigenvalue weighted by Gasteiger charge is 2.04. The minimum atomic E-state index is 0.756. The van der Waals surface area contributed by atoms with E-state index in [0.717, 1.165) is 16.1 Å². The summed E-state index contributed by atoms with van der Waals surface area (Å²) in [6.45, 7) is 2.91. The third-order valence-corrected chi connectivity index (χ3v) is 3.05. The molecular weight excluding hydrogens is 325 g/mol. The molecule has 3 nitrogen and oxygen atoms in total. The number of rotatable bonds is 3. The van der Waals surface area contributed by atoms with E-state index in [1.165, 1.54) is 11.1 Å². The molecule has 0 saturated carbocycles. The average Bonchev–Trinajstić information content (AvgIpc) is 2.33. The summed E-state index contributed by atoms with van der Waals surface area (Å²) in [6, 6.07) is 8.52. The van der Waals surface area contributed by atoms with Crippen molar-refractivity contribution < 1.29 is 0 Å². The second kappa shape index (κ2) is 5.44. The summed E-state index contributed by atoms with van der Waals surface area (Å²) in [5.41, 5.74) is 2.54. The minimum absolute atomic E-state index is 0.756. The lowest BCUT2D eigenvalue weighted by molar-refractivity contribution is 0.864. The van der Waals surface area contributed by atoms with Gasteiger partial charge >= 0.3 is 0 Å². The number of anilines is 1. The Morgan fingerprint density at radius 3 is 2.29 bits per heavy atom. The van der Waals surface area contributed by atoms with Gasteiger partial charge in [0.2, 0.25) is 5.95 Å². The molecule has 2 rings (SSSR count). The quantitative estimate of drug-likeness (QED) is 0.805. The van der Waals surface area contributed by atoms with Gasteiger partial charge in [-0.1, -0.05) is 29.8 Å². The molecule has 4 heteroatoms. The summed E-state index contributed by atoms with van der Waals surface area (Å²) in [7, 11) is 2.00. The molecule has 0 spiro atoms. The Hall–Kier alpha value is -1.17. The number of nitrogens with zero attached hydrogens (tertiary/aromatic N) is 3. The maximum Gasteiger partial charge on any atom is 0.225 e. The van der Waals surface area contributed by atoms with Crippen LogP contribution in [0.2, 0.25) is 0 Å². The van der Waals surface area contributed by atoms with Gasteiger partial charge in [-0.25, -0.2) is 9.97 Å². The van der Waals surface area contributed by atoms with Crippen LogP contribution in [-0.2, 0) is 6.54 Å². The van der Waals surface area contributed by atoms with Crippen molar-refractivity contribution >= 4 is 28.5 Å². The minimum Gasteiger partial charge on any atom is -0.340 e. The van der Waals surface area contributed by atoms with Gasteiger partial charge in [0.1, 0.15) is 0 Å². The highest BCUT2D eigenvalue weighted by molar-refractivity contribution is 14.1. The van der Waals surface area contributed by atoms with Crippen molar-refractivity contribution in [2.75, 3.05) is 11.9 Å². The molecule has 0 aliphatic rings. The molecule has 0 bridgehead atoms. The number of aryl methyl sites for hydroxylation is 1. The maximum absolute atomic E-state index is 4.30. The van der Waals surface area contributed by atoms with E-state index in [2.05, 4.69) is 63.7 Å². The first-order valence-electron chi connectivity index (χ1n) is 5.39. The second-order valence-electron chi connectivity index (χ2n) is 4.04. The SMILES string of the molecule is Cc1ccc(CN(C)c2ncc(I)cn2)cc1. The highest BCUT2D eigenvalue weighted by Crippen LogP contribution is 2.11. The van der Waals surface area contributed by atoms with Crippen LogP contribution in [0.25, 0.3) is 0 Å². The predicted molar refractivity (Wildman–Crippen MR) is 78.0 cm³/mol. The summed E-state index contributed by atoms with van der Waals surface area (Å²) < 4.78 is 1.05. The van der Waals surface area contributed by atoms with Crippen molar-refractivity contribution in [3.8, 4) is 0 Å². The van der Waals surface area contributed by atoms with Gasteiger partial charge in [0.15, 0.2) is 0 Å². The largest absolute Gasteiger partial charge is 0.340 e. The first-order chi connectivity index (χ1) is 8.15. The van der Waals surface area contributed by atoms with Crippen LogP contribution in [0.15, 0.2) is 36.7 Å². The molecule has 0 radical (unpaired) electrons. The van der Waals surface area contributed by atoms with E-state index in [4.69, 9.17) is 0 Å². The molecular formula is C13H14IN3. The lowest BCUT2D eigenvalue weighted by atomic mass is 10.1. The zero-order valence-electron chi connectivity index (χ0n) is 9.89. The summed E-state index contributed by atoms with van der Waals surface area (Å²) in [5, 5.41) is 0. The smallest absolute Gasteiger partial charge is 0.225 e. The first-order valence-corrected chi connectivity index (χ1v) is 6.47. The van der Waals surface area contributed by atoms with E-state index in [0.29, 0.717) is 0 Å². The molecule has 2 aromatic rings. The van der Waals surface area contributed by atoms with Gasteiger partial charge in [0, 0.05) is 29.6 Å². The molecule has 0 atom stereocenters. The lowest BCUT2D eigenvalue weighted by Crippen LogP contribution is -2.18. The molecule has 0 N–H and O–H groups in total. The fraction of sp³-hybridized carbons (Fsp3) is 0.231. The molecule has 1 aromatic heterocycles. The van der Waals surface area contributed by atoms with Crippen LogP contribution >= 0.6 is 22.6 Å². The topological polar surface area (TPSA) is 29.0 Å². The molecule has 0 fully saturated rings. The van der Waals surface area contributed by atoms with E-state index in [-0.39, 0.29) is 0 Å². The van der Waals surface area contributed by atoms with Gasteiger partial charge in [-0.05, 0) is 35.1 Å². The second-order valence-corrected chi connectivity index (χ2v) is 5.29. The third kappa shape index (κ3) is 3.39. The Morgan fingerprint density at radius 1 is 1.12 bits per heavy atom. The standard InChI is InChI=1S/C13H14IN3/c1-10-3-5-11(6-4-10)9-17(2)13-15-7-12(14)8-16-13/h3-8H,9H2,1-2H3. The van der Waals surface area contributed by atoms with Crippen molar-refractivity contribution in [2.24, 2.45) is 0 Å². The van der Waals surface area contributed by atoms with Crippen LogP contribution in [0, 0.1) is 10.5 Å². The first kappa shape index (κ1) is 12.3. The van der Waals surface area contributed by atoms with Crippen LogP contribution < -0.4 is 4.90 Å². The number of hydrogen-bond acceptors (Lipinski definition) is 3. The van der Waals surface area contributed by atoms with Crippen molar-refractivity contribution in [3.63, 3.8) is 0 Å². The van der Waals surface area contributed by atoms with Crippen molar-refractivity contribution in [1.29, 1.82) is 0 Å². The third-order valence-electron chi connectivity index (χ3n) is 2.49. The van der Waals surface area contributed by atoms with E-state index in [1.54, 1.807) is 0 Å². The molecule has 17 heavy (non-hydrogen) atoms. The molecule has 88 valence electrons. The molecule has 0 unspecified atom stereocenters. The van der Waals surface area contributed by atoms with Crippen molar-refractivity contribution in [3.05, 3.63) is 51.4 Å². The number of hydrogen-bond donors (Lipinski definition) is 0. The maximum atomic E-state index is 4.30. The molecule has 0 aliphatic heterocycles. The molecule has 1 aromatic carbocycles. The van der Waals surface area contributed by atoms with E-state index >= 15 is 0 Å². The van der Waals surface area contributed by atoms with Gasteiger partial charge in [-0.3, -0.25) is 0 Å². The summed E-state index contributed by atoms with van der Waals surface area (Å²) in [6.07, 6.45) is 3.66. The van der Waals surface area contributed by atoms with Gasteiger partial charge < -0.3 is 4.90 Å². The fourth-order valence-corrected chi connectivity index (χ4v) is 1.82. The fourth-order valence-electron chi connectivity index (χ4n) is 1.54. The average molecular weight is 339 g/mol. The zero-order valence-corrected chi connectivity index (χ0v) is 12.0. The van der Waals surface area contributed by atoms with Gasteiger partial charge in [-0.15, -0.1) is 0 Å². The van der Waals surface area contributed by atoms with Crippen molar-refractivity contribution in [2.45, 2.75) is 13.5 Å². The Bertz CT molecular complexity index is 479. The van der Waals surface area contributed by atoms with Gasteiger partial charge in [0.05, 0.1) is 0 Å². The van der Waals surface area contributed by atoms with E-state index in [9.17, 15) is 0 Å². The van der Waals surface area contributed by atoms with Crippen LogP contribution in [0.4, 0.5) is 5.95 Å². The Kier molecular flexibility index (Phi) is 3.93. The summed E-state index contributed by atoms with van der Waals surface area (Å²) in [5.74, 6) is 0.756. The number of aromatic nitrogens is 2. The van der Waals surface area contributed by atoms with E-state index < -0.39 is 0 Å². The van der Waals surface area contributed by atoms with Gasteiger partial charge in [-0.2, -0.15) is 0 Å². The highest BCUT2D eigenvalue weighted by atomic mass is 127. The van der Waals surface area contributed by atoms with Gasteiger partial charge in [0.25, 0.3) is 0 Å². The van der Waals surface area contributed by atoms with Crippen LogP contribution in [0.5, 0.6) is 0 Å². The van der Waals surface area contributed by atoms with Crippen LogP contribution in [0.3, 0.4) is 0 Å². The van der Waals surface area contributed by atoms with Crippen LogP contribution in [0.1, 0.15) is 11.1 Å². The zero-order chi connectivity index (χ0) is 12.3. The molecule has 1 heterocycles. The predicted octanol–water partition coefficient (Wildman–Crippen LogP) is 3.03. The van der Waals surface area contributed by atoms with Crippen LogP contribution in [-0.4, -0.2) is 17.0 Å². The molecule has 0 saturated heterocycles. The molecule has 0 aliphatic carbocycles. The number of benzene rings is 1. The lowest BCUT2D eigenvalue weighted by Gasteiger charge is -2.16. The Labute approximate surface area is 115 Å². The Morgan fingerprint density at radius 2 is 1.71 bits per heavy atom. The van der Waals surface area contributed by atoms with E-state index in [1.807, 2.05) is 24.3 Å². The summed E-state index contributed by atoms with van der Waals surface area (Å²) >= 11 is 2.20.